The quantitative estimate of drug-likeness (QED) is 0.913. The summed E-state index contributed by atoms with van der Waals surface area (Å²) in [6, 6.07) is 7.36. The third-order valence-corrected chi connectivity index (χ3v) is 2.96. The lowest BCUT2D eigenvalue weighted by Crippen LogP contribution is -2.16. The zero-order valence-corrected chi connectivity index (χ0v) is 10.6. The van der Waals surface area contributed by atoms with Crippen LogP contribution in [0.1, 0.15) is 18.5 Å². The maximum absolute atomic E-state index is 13.0. The van der Waals surface area contributed by atoms with Crippen LogP contribution in [0.5, 0.6) is 11.6 Å². The zero-order valence-electron chi connectivity index (χ0n) is 10.6. The van der Waals surface area contributed by atoms with Crippen molar-refractivity contribution in [2.45, 2.75) is 25.4 Å². The van der Waals surface area contributed by atoms with E-state index in [9.17, 15) is 8.78 Å². The molecule has 0 bridgehead atoms. The number of hydrogen-bond acceptors (Lipinski definition) is 4. The van der Waals surface area contributed by atoms with Gasteiger partial charge in [-0.05, 0) is 31.0 Å². The monoisotopic (exact) mass is 277 g/mol. The van der Waals surface area contributed by atoms with Crippen molar-refractivity contribution in [3.05, 3.63) is 47.7 Å². The Morgan fingerprint density at radius 2 is 1.95 bits per heavy atom. The third-order valence-electron chi connectivity index (χ3n) is 2.96. The van der Waals surface area contributed by atoms with Crippen LogP contribution >= 0.6 is 0 Å². The van der Waals surface area contributed by atoms with E-state index in [-0.39, 0.29) is 11.6 Å². The Bertz CT molecular complexity index is 600. The van der Waals surface area contributed by atoms with Gasteiger partial charge in [0, 0.05) is 24.7 Å². The molecule has 104 valence electrons. The van der Waals surface area contributed by atoms with Gasteiger partial charge in [-0.1, -0.05) is 0 Å². The minimum atomic E-state index is -0.958. The van der Waals surface area contributed by atoms with Gasteiger partial charge in [0.05, 0.1) is 5.69 Å². The first-order valence-electron chi connectivity index (χ1n) is 6.39. The molecule has 0 spiro atoms. The molecule has 1 aromatic carbocycles. The number of halogens is 2. The van der Waals surface area contributed by atoms with Crippen LogP contribution in [0.15, 0.2) is 30.3 Å². The number of hydrogen-bond donors (Lipinski definition) is 1. The van der Waals surface area contributed by atoms with E-state index in [1.54, 1.807) is 12.1 Å². The molecule has 1 fully saturated rings. The van der Waals surface area contributed by atoms with Crippen LogP contribution in [0, 0.1) is 11.6 Å². The molecule has 0 amide bonds. The number of ether oxygens (including phenoxy) is 1. The first-order valence-corrected chi connectivity index (χ1v) is 6.39. The molecule has 20 heavy (non-hydrogen) atoms. The van der Waals surface area contributed by atoms with Gasteiger partial charge in [0.25, 0.3) is 0 Å². The van der Waals surface area contributed by atoms with Crippen LogP contribution < -0.4 is 10.1 Å². The number of aromatic nitrogens is 2. The van der Waals surface area contributed by atoms with Gasteiger partial charge >= 0.3 is 0 Å². The van der Waals surface area contributed by atoms with Gasteiger partial charge in [0.2, 0.25) is 5.88 Å². The summed E-state index contributed by atoms with van der Waals surface area (Å²) in [5.74, 6) is -1.45. The number of benzene rings is 1. The Labute approximate surface area is 114 Å². The third kappa shape index (κ3) is 3.27. The van der Waals surface area contributed by atoms with Gasteiger partial charge in [-0.2, -0.15) is 5.10 Å². The predicted octanol–water partition coefficient (Wildman–Crippen LogP) is 2.80. The van der Waals surface area contributed by atoms with E-state index in [4.69, 9.17) is 4.74 Å². The predicted molar refractivity (Wildman–Crippen MR) is 68.3 cm³/mol. The highest BCUT2D eigenvalue weighted by atomic mass is 19.2. The second kappa shape index (κ2) is 5.50. The molecular formula is C14H13F2N3O. The van der Waals surface area contributed by atoms with Gasteiger partial charge < -0.3 is 10.1 Å². The van der Waals surface area contributed by atoms with Gasteiger partial charge in [-0.25, -0.2) is 8.78 Å². The summed E-state index contributed by atoms with van der Waals surface area (Å²) in [5, 5.41) is 11.2. The van der Waals surface area contributed by atoms with E-state index >= 15 is 0 Å². The molecule has 0 saturated heterocycles. The average Bonchev–Trinajstić information content (AvgIpc) is 3.26. The molecule has 1 N–H and O–H groups in total. The molecule has 2 aromatic rings. The largest absolute Gasteiger partial charge is 0.437 e. The fraction of sp³-hybridized carbons (Fsp3) is 0.286. The van der Waals surface area contributed by atoms with Crippen LogP contribution in [0.4, 0.5) is 8.78 Å². The smallest absolute Gasteiger partial charge is 0.238 e. The maximum Gasteiger partial charge on any atom is 0.238 e. The van der Waals surface area contributed by atoms with Crippen LogP contribution in [0.3, 0.4) is 0 Å². The van der Waals surface area contributed by atoms with Crippen molar-refractivity contribution in [3.8, 4) is 11.6 Å². The molecule has 1 saturated carbocycles. The summed E-state index contributed by atoms with van der Waals surface area (Å²) >= 11 is 0. The molecule has 1 heterocycles. The molecule has 0 aliphatic heterocycles. The number of rotatable bonds is 5. The highest BCUT2D eigenvalue weighted by molar-refractivity contribution is 5.27. The fourth-order valence-electron chi connectivity index (χ4n) is 1.69. The Morgan fingerprint density at radius 1 is 1.10 bits per heavy atom. The molecule has 6 heteroatoms. The first-order chi connectivity index (χ1) is 9.70. The maximum atomic E-state index is 13.0. The Morgan fingerprint density at radius 3 is 2.60 bits per heavy atom. The average molecular weight is 277 g/mol. The van der Waals surface area contributed by atoms with E-state index in [0.717, 1.165) is 17.8 Å². The molecular weight excluding hydrogens is 264 g/mol. The minimum absolute atomic E-state index is 0.182. The van der Waals surface area contributed by atoms with E-state index in [1.807, 2.05) is 0 Å². The van der Waals surface area contributed by atoms with Crippen molar-refractivity contribution in [1.29, 1.82) is 0 Å². The summed E-state index contributed by atoms with van der Waals surface area (Å²) in [4.78, 5) is 0. The summed E-state index contributed by atoms with van der Waals surface area (Å²) < 4.78 is 31.1. The topological polar surface area (TPSA) is 47.0 Å². The van der Waals surface area contributed by atoms with E-state index in [1.165, 1.54) is 18.9 Å². The van der Waals surface area contributed by atoms with Crippen molar-refractivity contribution in [3.63, 3.8) is 0 Å². The molecule has 4 nitrogen and oxygen atoms in total. The lowest BCUT2D eigenvalue weighted by molar-refractivity contribution is 0.440. The van der Waals surface area contributed by atoms with Crippen molar-refractivity contribution >= 4 is 0 Å². The zero-order chi connectivity index (χ0) is 13.9. The summed E-state index contributed by atoms with van der Waals surface area (Å²) in [5.41, 5.74) is 0.814. The van der Waals surface area contributed by atoms with E-state index < -0.39 is 11.6 Å². The van der Waals surface area contributed by atoms with Crippen LogP contribution in [0.25, 0.3) is 0 Å². The normalized spacial score (nSPS) is 14.3. The van der Waals surface area contributed by atoms with Gasteiger partial charge in [-0.3, -0.25) is 0 Å². The summed E-state index contributed by atoms with van der Waals surface area (Å²) in [6.45, 7) is 0.670. The first kappa shape index (κ1) is 12.9. The van der Waals surface area contributed by atoms with Crippen molar-refractivity contribution in [2.24, 2.45) is 0 Å². The second-order valence-electron chi connectivity index (χ2n) is 4.70. The van der Waals surface area contributed by atoms with Crippen LogP contribution in [-0.4, -0.2) is 16.2 Å². The molecule has 1 aromatic heterocycles. The van der Waals surface area contributed by atoms with E-state index in [2.05, 4.69) is 15.5 Å². The lowest BCUT2D eigenvalue weighted by atomic mass is 10.3. The van der Waals surface area contributed by atoms with Gasteiger partial charge in [0.15, 0.2) is 11.6 Å². The van der Waals surface area contributed by atoms with Crippen molar-refractivity contribution < 1.29 is 13.5 Å². The molecule has 0 unspecified atom stereocenters. The Hall–Kier alpha value is -2.08. The van der Waals surface area contributed by atoms with Crippen LogP contribution in [-0.2, 0) is 6.54 Å². The molecule has 0 atom stereocenters. The highest BCUT2D eigenvalue weighted by Crippen LogP contribution is 2.21. The number of nitrogens with zero attached hydrogens (tertiary/aromatic N) is 2. The van der Waals surface area contributed by atoms with Crippen molar-refractivity contribution in [2.75, 3.05) is 0 Å². The van der Waals surface area contributed by atoms with Gasteiger partial charge in [-0.15, -0.1) is 5.10 Å². The molecule has 1 aliphatic rings. The molecule has 1 aliphatic carbocycles. The fourth-order valence-corrected chi connectivity index (χ4v) is 1.69. The SMILES string of the molecule is Fc1ccc(Oc2ccc(CNC3CC3)nn2)cc1F. The van der Waals surface area contributed by atoms with Crippen molar-refractivity contribution in [1.82, 2.24) is 15.5 Å². The summed E-state index contributed by atoms with van der Waals surface area (Å²) in [6.07, 6.45) is 2.43. The van der Waals surface area contributed by atoms with E-state index in [0.29, 0.717) is 12.6 Å². The highest BCUT2D eigenvalue weighted by Gasteiger charge is 2.20. The molecule has 3 rings (SSSR count). The Kier molecular flexibility index (Phi) is 3.56. The lowest BCUT2D eigenvalue weighted by Gasteiger charge is -2.05. The Balaban J connectivity index is 1.62. The molecule has 0 radical (unpaired) electrons. The minimum Gasteiger partial charge on any atom is -0.437 e. The van der Waals surface area contributed by atoms with Crippen LogP contribution in [0.2, 0.25) is 0 Å². The second-order valence-corrected chi connectivity index (χ2v) is 4.70. The standard InChI is InChI=1S/C14H13F2N3O/c15-12-5-4-11(7-13(12)16)20-14-6-3-10(18-19-14)8-17-9-1-2-9/h3-7,9,17H,1-2,8H2. The summed E-state index contributed by atoms with van der Waals surface area (Å²) in [7, 11) is 0. The van der Waals surface area contributed by atoms with Gasteiger partial charge in [0.1, 0.15) is 5.75 Å². The number of nitrogens with one attached hydrogen (secondary N) is 1.